The lowest BCUT2D eigenvalue weighted by Crippen LogP contribution is -2.42. The Hall–Kier alpha value is -2.60. The Bertz CT molecular complexity index is 1420. The van der Waals surface area contributed by atoms with Crippen molar-refractivity contribution >= 4 is 55.1 Å². The number of ether oxygens (including phenoxy) is 1. The Balaban J connectivity index is 1.65. The van der Waals surface area contributed by atoms with Gasteiger partial charge in [0.1, 0.15) is 12.4 Å². The number of rotatable bonds is 5. The van der Waals surface area contributed by atoms with E-state index >= 15 is 0 Å². The van der Waals surface area contributed by atoms with Crippen LogP contribution in [0.2, 0.25) is 5.02 Å². The van der Waals surface area contributed by atoms with Crippen molar-refractivity contribution < 1.29 is 27.1 Å². The number of halogens is 2. The van der Waals surface area contributed by atoms with Gasteiger partial charge in [-0.1, -0.05) is 29.0 Å². The molecule has 12 heteroatoms. The number of fused-ring (bicyclic) bond motifs is 1. The largest absolute Gasteiger partial charge is 0.468 e. The van der Waals surface area contributed by atoms with Gasteiger partial charge in [-0.2, -0.15) is 9.30 Å². The quantitative estimate of drug-likeness (QED) is 0.476. The normalized spacial score (nSPS) is 17.7. The Morgan fingerprint density at radius 2 is 1.97 bits per heavy atom. The molecule has 1 fully saturated rings. The number of carbonyl (C=O) groups excluding carboxylic acids is 2. The van der Waals surface area contributed by atoms with Crippen molar-refractivity contribution in [2.45, 2.75) is 24.3 Å². The van der Waals surface area contributed by atoms with Crippen LogP contribution in [0.3, 0.4) is 0 Å². The molecule has 4 rings (SSSR count). The van der Waals surface area contributed by atoms with E-state index in [0.717, 1.165) is 11.3 Å². The summed E-state index contributed by atoms with van der Waals surface area (Å²) in [5, 5.41) is 0.421. The second-order valence-corrected chi connectivity index (χ2v) is 11.1. The Morgan fingerprint density at radius 3 is 2.68 bits per heavy atom. The Kier molecular flexibility index (Phi) is 7.17. The Labute approximate surface area is 204 Å². The summed E-state index contributed by atoms with van der Waals surface area (Å²) in [7, 11) is -2.59. The zero-order valence-corrected chi connectivity index (χ0v) is 20.5. The number of esters is 1. The highest BCUT2D eigenvalue weighted by Crippen LogP contribution is 2.26. The average Bonchev–Trinajstić information content (AvgIpc) is 3.17. The number of piperidine rings is 1. The van der Waals surface area contributed by atoms with Gasteiger partial charge in [0.25, 0.3) is 5.91 Å². The van der Waals surface area contributed by atoms with Crippen LogP contribution >= 0.6 is 22.9 Å². The molecule has 3 aromatic rings. The van der Waals surface area contributed by atoms with Crippen LogP contribution in [-0.2, 0) is 30.9 Å². The lowest BCUT2D eigenvalue weighted by Gasteiger charge is -2.30. The number of thiazole rings is 1. The van der Waals surface area contributed by atoms with E-state index in [2.05, 4.69) is 4.99 Å². The lowest BCUT2D eigenvalue weighted by molar-refractivity contribution is -0.141. The van der Waals surface area contributed by atoms with Gasteiger partial charge in [0, 0.05) is 18.1 Å². The first-order valence-electron chi connectivity index (χ1n) is 10.4. The van der Waals surface area contributed by atoms with E-state index < -0.39 is 33.6 Å². The maximum Gasteiger partial charge on any atom is 0.325 e. The SMILES string of the molecule is COC(=O)Cn1c(=NC(=O)C2CCCN(S(=O)(=O)c3ccc(Cl)cc3)C2)sc2cccc(F)c21. The van der Waals surface area contributed by atoms with E-state index in [0.29, 0.717) is 22.6 Å². The molecule has 1 atom stereocenters. The third-order valence-electron chi connectivity index (χ3n) is 5.56. The maximum absolute atomic E-state index is 14.5. The molecule has 0 radical (unpaired) electrons. The summed E-state index contributed by atoms with van der Waals surface area (Å²) in [6.07, 6.45) is 0.952. The number of carbonyl (C=O) groups is 2. The van der Waals surface area contributed by atoms with Crippen LogP contribution in [0.25, 0.3) is 10.2 Å². The topological polar surface area (TPSA) is 98.0 Å². The van der Waals surface area contributed by atoms with Gasteiger partial charge in [-0.15, -0.1) is 0 Å². The molecule has 1 saturated heterocycles. The van der Waals surface area contributed by atoms with Crippen molar-refractivity contribution in [1.29, 1.82) is 0 Å². The summed E-state index contributed by atoms with van der Waals surface area (Å²) in [6, 6.07) is 10.3. The molecule has 34 heavy (non-hydrogen) atoms. The fourth-order valence-electron chi connectivity index (χ4n) is 3.82. The molecule has 1 amide bonds. The molecule has 0 bridgehead atoms. The number of methoxy groups -OCH3 is 1. The minimum absolute atomic E-state index is 0.0243. The molecule has 1 aromatic heterocycles. The van der Waals surface area contributed by atoms with Crippen LogP contribution in [0.15, 0.2) is 52.4 Å². The molecule has 1 aliphatic heterocycles. The minimum Gasteiger partial charge on any atom is -0.468 e. The molecule has 0 spiro atoms. The van der Waals surface area contributed by atoms with Crippen LogP contribution in [0.4, 0.5) is 4.39 Å². The van der Waals surface area contributed by atoms with E-state index in [1.54, 1.807) is 6.07 Å². The molecule has 180 valence electrons. The molecule has 1 aliphatic rings. The number of hydrogen-bond acceptors (Lipinski definition) is 6. The van der Waals surface area contributed by atoms with Gasteiger partial charge in [-0.3, -0.25) is 9.59 Å². The highest BCUT2D eigenvalue weighted by Gasteiger charge is 2.33. The molecule has 8 nitrogen and oxygen atoms in total. The standard InChI is InChI=1S/C22H21ClFN3O5S2/c1-32-19(28)13-27-20-17(24)5-2-6-18(20)33-22(27)25-21(29)14-4-3-11-26(12-14)34(30,31)16-9-7-15(23)8-10-16/h2,5-10,14H,3-4,11-13H2,1H3. The minimum atomic E-state index is -3.80. The third kappa shape index (κ3) is 4.92. The summed E-state index contributed by atoms with van der Waals surface area (Å²) in [5.41, 5.74) is 0.153. The molecule has 0 aliphatic carbocycles. The predicted octanol–water partition coefficient (Wildman–Crippen LogP) is 3.20. The summed E-state index contributed by atoms with van der Waals surface area (Å²) < 4.78 is 48.4. The number of aromatic nitrogens is 1. The van der Waals surface area contributed by atoms with Gasteiger partial charge in [0.05, 0.1) is 28.1 Å². The van der Waals surface area contributed by atoms with Crippen LogP contribution in [0.1, 0.15) is 12.8 Å². The highest BCUT2D eigenvalue weighted by molar-refractivity contribution is 7.89. The van der Waals surface area contributed by atoms with Crippen LogP contribution in [0.5, 0.6) is 0 Å². The lowest BCUT2D eigenvalue weighted by atomic mass is 9.99. The first-order valence-corrected chi connectivity index (χ1v) is 13.0. The molecular formula is C22H21ClFN3O5S2. The summed E-state index contributed by atoms with van der Waals surface area (Å²) >= 11 is 6.93. The fourth-order valence-corrected chi connectivity index (χ4v) is 6.52. The first-order chi connectivity index (χ1) is 16.2. The van der Waals surface area contributed by atoms with Gasteiger partial charge >= 0.3 is 5.97 Å². The number of nitrogens with zero attached hydrogens (tertiary/aromatic N) is 3. The van der Waals surface area contributed by atoms with Crippen molar-refractivity contribution in [3.63, 3.8) is 0 Å². The fraction of sp³-hybridized carbons (Fsp3) is 0.318. The van der Waals surface area contributed by atoms with E-state index in [4.69, 9.17) is 16.3 Å². The third-order valence-corrected chi connectivity index (χ3v) is 8.73. The highest BCUT2D eigenvalue weighted by atomic mass is 35.5. The molecule has 0 saturated carbocycles. The van der Waals surface area contributed by atoms with Crippen molar-refractivity contribution in [2.75, 3.05) is 20.2 Å². The number of amides is 1. The molecule has 0 N–H and O–H groups in total. The number of para-hydroxylation sites is 1. The number of sulfonamides is 1. The van der Waals surface area contributed by atoms with E-state index in [1.807, 2.05) is 0 Å². The second-order valence-electron chi connectivity index (χ2n) is 7.74. The van der Waals surface area contributed by atoms with Gasteiger partial charge in [0.2, 0.25) is 10.0 Å². The van der Waals surface area contributed by atoms with Gasteiger partial charge in [-0.25, -0.2) is 12.8 Å². The van der Waals surface area contributed by atoms with Crippen LogP contribution in [-0.4, -0.2) is 49.4 Å². The first kappa shape index (κ1) is 24.5. The monoisotopic (exact) mass is 525 g/mol. The molecular weight excluding hydrogens is 505 g/mol. The number of benzene rings is 2. The summed E-state index contributed by atoms with van der Waals surface area (Å²) in [4.78, 5) is 29.4. The van der Waals surface area contributed by atoms with Crippen molar-refractivity contribution in [1.82, 2.24) is 8.87 Å². The average molecular weight is 526 g/mol. The van der Waals surface area contributed by atoms with Crippen LogP contribution < -0.4 is 4.80 Å². The maximum atomic E-state index is 14.5. The molecule has 2 aromatic carbocycles. The predicted molar refractivity (Wildman–Crippen MR) is 125 cm³/mol. The van der Waals surface area contributed by atoms with E-state index in [-0.39, 0.29) is 34.8 Å². The zero-order valence-electron chi connectivity index (χ0n) is 18.1. The summed E-state index contributed by atoms with van der Waals surface area (Å²) in [5.74, 6) is -2.36. The van der Waals surface area contributed by atoms with Crippen molar-refractivity contribution in [3.05, 3.63) is 58.1 Å². The molecule has 1 unspecified atom stereocenters. The smallest absolute Gasteiger partial charge is 0.325 e. The van der Waals surface area contributed by atoms with Gasteiger partial charge in [-0.05, 0) is 49.2 Å². The van der Waals surface area contributed by atoms with E-state index in [9.17, 15) is 22.4 Å². The number of hydrogen-bond donors (Lipinski definition) is 0. The second kappa shape index (κ2) is 9.95. The van der Waals surface area contributed by atoms with Gasteiger partial charge < -0.3 is 9.30 Å². The van der Waals surface area contributed by atoms with Crippen molar-refractivity contribution in [3.8, 4) is 0 Å². The van der Waals surface area contributed by atoms with Crippen molar-refractivity contribution in [2.24, 2.45) is 10.9 Å². The summed E-state index contributed by atoms with van der Waals surface area (Å²) in [6.45, 7) is -0.0555. The Morgan fingerprint density at radius 1 is 1.24 bits per heavy atom. The molecule has 2 heterocycles. The van der Waals surface area contributed by atoms with Gasteiger partial charge in [0.15, 0.2) is 4.80 Å². The van der Waals surface area contributed by atoms with E-state index in [1.165, 1.54) is 52.4 Å². The van der Waals surface area contributed by atoms with Crippen LogP contribution in [0, 0.1) is 11.7 Å². The zero-order chi connectivity index (χ0) is 24.5.